The minimum Gasteiger partial charge on any atom is -0.482 e. The van der Waals surface area contributed by atoms with Gasteiger partial charge in [0.15, 0.2) is 12.4 Å². The van der Waals surface area contributed by atoms with E-state index in [0.29, 0.717) is 21.8 Å². The van der Waals surface area contributed by atoms with E-state index in [4.69, 9.17) is 32.6 Å². The molecule has 0 atom stereocenters. The van der Waals surface area contributed by atoms with Gasteiger partial charge in [0.1, 0.15) is 11.6 Å². The van der Waals surface area contributed by atoms with Crippen molar-refractivity contribution in [3.8, 4) is 5.75 Å². The number of amides is 1. The first-order valence-corrected chi connectivity index (χ1v) is 9.99. The molecular formula is C23H19ClN4O5. The topological polar surface area (TPSA) is 155 Å². The number of rotatable bonds is 9. The number of carboxylic acid groups (broad SMARTS) is 1. The van der Waals surface area contributed by atoms with Crippen molar-refractivity contribution in [1.29, 1.82) is 5.41 Å². The summed E-state index contributed by atoms with van der Waals surface area (Å²) in [5.74, 6) is -1.98. The zero-order valence-electron chi connectivity index (χ0n) is 17.2. The molecule has 2 aromatic carbocycles. The van der Waals surface area contributed by atoms with Crippen LogP contribution >= 0.6 is 11.6 Å². The van der Waals surface area contributed by atoms with Crippen molar-refractivity contribution in [1.82, 2.24) is 4.98 Å². The van der Waals surface area contributed by atoms with E-state index in [0.717, 1.165) is 0 Å². The number of nitrogens with two attached hydrogens (primary N) is 1. The summed E-state index contributed by atoms with van der Waals surface area (Å²) in [7, 11) is 0. The third kappa shape index (κ3) is 6.37. The highest BCUT2D eigenvalue weighted by molar-refractivity contribution is 6.30. The number of benzene rings is 2. The number of anilines is 1. The predicted octanol–water partition coefficient (Wildman–Crippen LogP) is 3.16. The summed E-state index contributed by atoms with van der Waals surface area (Å²) in [6.07, 6.45) is 1.35. The van der Waals surface area contributed by atoms with Gasteiger partial charge in [0.25, 0.3) is 5.91 Å². The van der Waals surface area contributed by atoms with Crippen LogP contribution in [0.5, 0.6) is 5.75 Å². The number of nitrogen functional groups attached to an aromatic ring is 1. The maximum absolute atomic E-state index is 13.0. The highest BCUT2D eigenvalue weighted by Crippen LogP contribution is 2.25. The minimum atomic E-state index is -1.17. The van der Waals surface area contributed by atoms with E-state index in [2.05, 4.69) is 10.3 Å². The summed E-state index contributed by atoms with van der Waals surface area (Å²) in [6, 6.07) is 13.6. The largest absolute Gasteiger partial charge is 0.482 e. The molecule has 3 aromatic rings. The van der Waals surface area contributed by atoms with Crippen molar-refractivity contribution in [2.45, 2.75) is 6.42 Å². The van der Waals surface area contributed by atoms with Gasteiger partial charge in [0, 0.05) is 28.6 Å². The molecular weight excluding hydrogens is 448 g/mol. The molecule has 5 N–H and O–H groups in total. The second-order valence-electron chi connectivity index (χ2n) is 6.90. The number of carboxylic acids is 1. The van der Waals surface area contributed by atoms with Gasteiger partial charge in [0.05, 0.1) is 17.1 Å². The maximum atomic E-state index is 13.0. The van der Waals surface area contributed by atoms with Crippen LogP contribution in [0.3, 0.4) is 0 Å². The monoisotopic (exact) mass is 466 g/mol. The lowest BCUT2D eigenvalue weighted by Gasteiger charge is -2.13. The van der Waals surface area contributed by atoms with E-state index in [1.165, 1.54) is 36.5 Å². The minimum absolute atomic E-state index is 0.0737. The third-order valence-electron chi connectivity index (χ3n) is 4.49. The van der Waals surface area contributed by atoms with Crippen molar-refractivity contribution >= 4 is 40.8 Å². The van der Waals surface area contributed by atoms with Crippen LogP contribution in [0.4, 0.5) is 5.69 Å². The number of hydrogen-bond donors (Lipinski definition) is 4. The maximum Gasteiger partial charge on any atom is 0.341 e. The van der Waals surface area contributed by atoms with Crippen LogP contribution < -0.4 is 15.8 Å². The Bertz CT molecular complexity index is 1210. The zero-order valence-corrected chi connectivity index (χ0v) is 17.9. The molecule has 1 aromatic heterocycles. The van der Waals surface area contributed by atoms with Crippen molar-refractivity contribution in [3.05, 3.63) is 88.2 Å². The first-order valence-electron chi connectivity index (χ1n) is 9.61. The van der Waals surface area contributed by atoms with E-state index in [1.54, 1.807) is 24.3 Å². The first kappa shape index (κ1) is 23.4. The first-order chi connectivity index (χ1) is 15.7. The number of ketones is 1. The van der Waals surface area contributed by atoms with Gasteiger partial charge < -0.3 is 20.9 Å². The lowest BCUT2D eigenvalue weighted by atomic mass is 10.0. The Kier molecular flexibility index (Phi) is 7.37. The summed E-state index contributed by atoms with van der Waals surface area (Å²) in [5.41, 5.74) is 7.01. The number of aliphatic carboxylic acids is 1. The Morgan fingerprint density at radius 3 is 2.36 bits per heavy atom. The van der Waals surface area contributed by atoms with Crippen LogP contribution in [-0.4, -0.2) is 40.2 Å². The molecule has 0 saturated carbocycles. The fraction of sp³-hybridized carbons (Fsp3) is 0.0870. The summed E-state index contributed by atoms with van der Waals surface area (Å²) < 4.78 is 5.17. The number of carbonyl (C=O) groups excluding carboxylic acids is 2. The molecule has 0 aliphatic heterocycles. The van der Waals surface area contributed by atoms with E-state index >= 15 is 0 Å². The standard InChI is InChI=1S/C23H19ClN4O5/c24-15-5-6-16(27-11-15)9-20(29)18-10-17(33-12-21(30)31)7-8-19(18)28-23(32)14-3-1-13(2-4-14)22(25)26/h1-8,10-11H,9,12H2,(H3,25,26)(H,28,32)(H,30,31). The van der Waals surface area contributed by atoms with E-state index in [9.17, 15) is 14.4 Å². The number of pyridine rings is 1. The van der Waals surface area contributed by atoms with Crippen LogP contribution in [0, 0.1) is 5.41 Å². The number of ether oxygens (including phenoxy) is 1. The number of halogens is 1. The molecule has 0 unspecified atom stereocenters. The SMILES string of the molecule is N=C(N)c1ccc(C(=O)Nc2ccc(OCC(=O)O)cc2C(=O)Cc2ccc(Cl)cn2)cc1. The molecule has 1 amide bonds. The smallest absolute Gasteiger partial charge is 0.341 e. The Balaban J connectivity index is 1.87. The number of amidine groups is 1. The molecule has 3 rings (SSSR count). The molecule has 0 spiro atoms. The fourth-order valence-electron chi connectivity index (χ4n) is 2.86. The Morgan fingerprint density at radius 2 is 1.76 bits per heavy atom. The van der Waals surface area contributed by atoms with Crippen LogP contribution in [0.25, 0.3) is 0 Å². The number of carbonyl (C=O) groups is 3. The lowest BCUT2D eigenvalue weighted by Crippen LogP contribution is -2.17. The number of Topliss-reactive ketones (excluding diaryl/α,β-unsaturated/α-hetero) is 1. The lowest BCUT2D eigenvalue weighted by molar-refractivity contribution is -0.139. The Hall–Kier alpha value is -4.24. The Labute approximate surface area is 193 Å². The molecule has 10 heteroatoms. The molecule has 0 fully saturated rings. The van der Waals surface area contributed by atoms with Gasteiger partial charge in [-0.05, 0) is 42.5 Å². The highest BCUT2D eigenvalue weighted by atomic mass is 35.5. The van der Waals surface area contributed by atoms with E-state index in [-0.39, 0.29) is 35.0 Å². The fourth-order valence-corrected chi connectivity index (χ4v) is 2.98. The molecule has 0 bridgehead atoms. The number of hydrogen-bond acceptors (Lipinski definition) is 6. The molecule has 0 aliphatic rings. The second-order valence-corrected chi connectivity index (χ2v) is 7.34. The van der Waals surface area contributed by atoms with Gasteiger partial charge in [-0.2, -0.15) is 0 Å². The van der Waals surface area contributed by atoms with Gasteiger partial charge in [-0.3, -0.25) is 20.0 Å². The molecule has 1 heterocycles. The van der Waals surface area contributed by atoms with Crippen molar-refractivity contribution in [2.75, 3.05) is 11.9 Å². The summed E-state index contributed by atoms with van der Waals surface area (Å²) in [6.45, 7) is -0.583. The van der Waals surface area contributed by atoms with Crippen LogP contribution in [0.2, 0.25) is 5.02 Å². The van der Waals surface area contributed by atoms with E-state index in [1.807, 2.05) is 0 Å². The van der Waals surface area contributed by atoms with Gasteiger partial charge >= 0.3 is 5.97 Å². The predicted molar refractivity (Wildman–Crippen MR) is 122 cm³/mol. The van der Waals surface area contributed by atoms with Gasteiger partial charge in [-0.25, -0.2) is 4.79 Å². The molecule has 0 saturated heterocycles. The summed E-state index contributed by atoms with van der Waals surface area (Å²) >= 11 is 5.84. The number of aromatic nitrogens is 1. The van der Waals surface area contributed by atoms with Crippen LogP contribution in [0.15, 0.2) is 60.8 Å². The summed E-state index contributed by atoms with van der Waals surface area (Å²) in [4.78, 5) is 40.7. The van der Waals surface area contributed by atoms with Crippen LogP contribution in [-0.2, 0) is 11.2 Å². The quantitative estimate of drug-likeness (QED) is 0.214. The highest BCUT2D eigenvalue weighted by Gasteiger charge is 2.17. The summed E-state index contributed by atoms with van der Waals surface area (Å²) in [5, 5.41) is 19.4. The molecule has 33 heavy (non-hydrogen) atoms. The average molecular weight is 467 g/mol. The molecule has 9 nitrogen and oxygen atoms in total. The second kappa shape index (κ2) is 10.4. The third-order valence-corrected chi connectivity index (χ3v) is 4.71. The van der Waals surface area contributed by atoms with Gasteiger partial charge in [-0.15, -0.1) is 0 Å². The van der Waals surface area contributed by atoms with Crippen LogP contribution in [0.1, 0.15) is 32.0 Å². The molecule has 0 aliphatic carbocycles. The molecule has 168 valence electrons. The van der Waals surface area contributed by atoms with Crippen molar-refractivity contribution in [3.63, 3.8) is 0 Å². The van der Waals surface area contributed by atoms with Crippen molar-refractivity contribution < 1.29 is 24.2 Å². The van der Waals surface area contributed by atoms with Gasteiger partial charge in [-0.1, -0.05) is 23.7 Å². The average Bonchev–Trinajstić information content (AvgIpc) is 2.79. The van der Waals surface area contributed by atoms with Crippen molar-refractivity contribution in [2.24, 2.45) is 5.73 Å². The number of nitrogens with zero attached hydrogens (tertiary/aromatic N) is 1. The zero-order chi connectivity index (χ0) is 24.0. The van der Waals surface area contributed by atoms with E-state index < -0.39 is 18.5 Å². The molecule has 0 radical (unpaired) electrons. The number of nitrogens with one attached hydrogen (secondary N) is 2. The Morgan fingerprint density at radius 1 is 1.06 bits per heavy atom. The van der Waals surface area contributed by atoms with Gasteiger partial charge in [0.2, 0.25) is 0 Å². The normalized spacial score (nSPS) is 10.3.